The second kappa shape index (κ2) is 8.84. The molecule has 0 bridgehead atoms. The van der Waals surface area contributed by atoms with Crippen LogP contribution in [-0.4, -0.2) is 39.8 Å². The van der Waals surface area contributed by atoms with E-state index in [-0.39, 0.29) is 18.6 Å². The summed E-state index contributed by atoms with van der Waals surface area (Å²) in [6.07, 6.45) is -0.338. The Bertz CT molecular complexity index is 727. The minimum atomic E-state index is -0.442. The summed E-state index contributed by atoms with van der Waals surface area (Å²) in [5, 5.41) is 2.83. The summed E-state index contributed by atoms with van der Waals surface area (Å²) in [5.74, 6) is 0.00183. The Labute approximate surface area is 146 Å². The average Bonchev–Trinajstić information content (AvgIpc) is 2.68. The molecular formula is C19H21NO5. The molecule has 1 N–H and O–H groups in total. The molecule has 0 radical (unpaired) electrons. The molecule has 0 spiro atoms. The second-order valence-corrected chi connectivity index (χ2v) is 5.25. The van der Waals surface area contributed by atoms with Crippen molar-refractivity contribution >= 4 is 11.9 Å². The van der Waals surface area contributed by atoms with Gasteiger partial charge in [-0.05, 0) is 30.3 Å². The van der Waals surface area contributed by atoms with Gasteiger partial charge in [-0.2, -0.15) is 0 Å². The van der Waals surface area contributed by atoms with Crippen LogP contribution in [-0.2, 0) is 9.47 Å². The molecular weight excluding hydrogens is 322 g/mol. The Hall–Kier alpha value is -2.86. The second-order valence-electron chi connectivity index (χ2n) is 5.25. The standard InChI is InChI=1S/C19H21NO5/c1-23-16-7-5-4-6-15(16)17(24-2)12-20-18(21)13-8-10-14(11-9-13)19(22)25-3/h4-11,17H,12H2,1-3H3,(H,20,21)/t17-/m1/s1. The van der Waals surface area contributed by atoms with Crippen molar-refractivity contribution in [3.05, 3.63) is 65.2 Å². The van der Waals surface area contributed by atoms with E-state index in [2.05, 4.69) is 10.1 Å². The number of carbonyl (C=O) groups excluding carboxylic acids is 2. The summed E-state index contributed by atoms with van der Waals surface area (Å²) in [6, 6.07) is 13.7. The predicted molar refractivity (Wildman–Crippen MR) is 92.9 cm³/mol. The molecule has 25 heavy (non-hydrogen) atoms. The third-order valence-corrected chi connectivity index (χ3v) is 3.79. The van der Waals surface area contributed by atoms with Crippen molar-refractivity contribution in [2.45, 2.75) is 6.10 Å². The van der Waals surface area contributed by atoms with E-state index in [4.69, 9.17) is 9.47 Å². The number of rotatable bonds is 7. The van der Waals surface area contributed by atoms with Crippen molar-refractivity contribution < 1.29 is 23.8 Å². The number of amides is 1. The van der Waals surface area contributed by atoms with Gasteiger partial charge in [0.1, 0.15) is 11.9 Å². The monoisotopic (exact) mass is 343 g/mol. The quantitative estimate of drug-likeness (QED) is 0.782. The van der Waals surface area contributed by atoms with Crippen LogP contribution in [0.4, 0.5) is 0 Å². The zero-order valence-electron chi connectivity index (χ0n) is 14.4. The molecule has 2 aromatic rings. The molecule has 1 amide bonds. The van der Waals surface area contributed by atoms with Gasteiger partial charge in [-0.3, -0.25) is 4.79 Å². The first-order chi connectivity index (χ1) is 12.1. The molecule has 0 aliphatic heterocycles. The van der Waals surface area contributed by atoms with Gasteiger partial charge in [0.25, 0.3) is 5.91 Å². The van der Waals surface area contributed by atoms with Crippen molar-refractivity contribution in [3.8, 4) is 5.75 Å². The zero-order chi connectivity index (χ0) is 18.2. The van der Waals surface area contributed by atoms with Crippen LogP contribution in [0.2, 0.25) is 0 Å². The summed E-state index contributed by atoms with van der Waals surface area (Å²) >= 11 is 0. The highest BCUT2D eigenvalue weighted by atomic mass is 16.5. The predicted octanol–water partition coefficient (Wildman–Crippen LogP) is 2.60. The van der Waals surface area contributed by atoms with Gasteiger partial charge < -0.3 is 19.5 Å². The largest absolute Gasteiger partial charge is 0.496 e. The van der Waals surface area contributed by atoms with Crippen LogP contribution in [0.25, 0.3) is 0 Å². The highest BCUT2D eigenvalue weighted by Crippen LogP contribution is 2.26. The SMILES string of the molecule is COC(=O)c1ccc(C(=O)NC[C@@H](OC)c2ccccc2OC)cc1. The Morgan fingerprint density at radius 2 is 1.60 bits per heavy atom. The van der Waals surface area contributed by atoms with Gasteiger partial charge in [0.05, 0.1) is 19.8 Å². The number of para-hydroxylation sites is 1. The van der Waals surface area contributed by atoms with Crippen LogP contribution in [0.15, 0.2) is 48.5 Å². The van der Waals surface area contributed by atoms with E-state index >= 15 is 0 Å². The maximum Gasteiger partial charge on any atom is 0.337 e. The van der Waals surface area contributed by atoms with Crippen LogP contribution < -0.4 is 10.1 Å². The van der Waals surface area contributed by atoms with Gasteiger partial charge in [0.15, 0.2) is 0 Å². The fraction of sp³-hybridized carbons (Fsp3) is 0.263. The van der Waals surface area contributed by atoms with Crippen LogP contribution in [0, 0.1) is 0 Å². The number of hydrogen-bond donors (Lipinski definition) is 1. The van der Waals surface area contributed by atoms with Gasteiger partial charge in [0.2, 0.25) is 0 Å². The van der Waals surface area contributed by atoms with Crippen LogP contribution in [0.3, 0.4) is 0 Å². The lowest BCUT2D eigenvalue weighted by molar-refractivity contribution is 0.0600. The molecule has 0 saturated heterocycles. The summed E-state index contributed by atoms with van der Waals surface area (Å²) < 4.78 is 15.4. The minimum Gasteiger partial charge on any atom is -0.496 e. The summed E-state index contributed by atoms with van der Waals surface area (Å²) in [6.45, 7) is 0.286. The fourth-order valence-electron chi connectivity index (χ4n) is 2.42. The molecule has 132 valence electrons. The van der Waals surface area contributed by atoms with Crippen molar-refractivity contribution in [2.24, 2.45) is 0 Å². The van der Waals surface area contributed by atoms with Crippen LogP contribution in [0.1, 0.15) is 32.4 Å². The first kappa shape index (κ1) is 18.5. The molecule has 0 fully saturated rings. The Morgan fingerprint density at radius 3 is 2.20 bits per heavy atom. The number of ether oxygens (including phenoxy) is 3. The van der Waals surface area contributed by atoms with E-state index in [1.54, 1.807) is 38.5 Å². The molecule has 0 unspecified atom stereocenters. The molecule has 6 heteroatoms. The van der Waals surface area contributed by atoms with Gasteiger partial charge in [-0.15, -0.1) is 0 Å². The fourth-order valence-corrected chi connectivity index (χ4v) is 2.42. The van der Waals surface area contributed by atoms with E-state index in [0.29, 0.717) is 16.9 Å². The van der Waals surface area contributed by atoms with Crippen molar-refractivity contribution in [3.63, 3.8) is 0 Å². The van der Waals surface area contributed by atoms with E-state index < -0.39 is 5.97 Å². The number of benzene rings is 2. The van der Waals surface area contributed by atoms with Crippen molar-refractivity contribution in [1.82, 2.24) is 5.32 Å². The Kier molecular flexibility index (Phi) is 6.54. The van der Waals surface area contributed by atoms with E-state index in [9.17, 15) is 9.59 Å². The molecule has 2 rings (SSSR count). The van der Waals surface area contributed by atoms with Gasteiger partial charge >= 0.3 is 5.97 Å². The molecule has 6 nitrogen and oxygen atoms in total. The van der Waals surface area contributed by atoms with Crippen LogP contribution >= 0.6 is 0 Å². The number of carbonyl (C=O) groups is 2. The zero-order valence-corrected chi connectivity index (χ0v) is 14.4. The summed E-state index contributed by atoms with van der Waals surface area (Å²) in [5.41, 5.74) is 1.69. The highest BCUT2D eigenvalue weighted by molar-refractivity contribution is 5.96. The molecule has 0 heterocycles. The Morgan fingerprint density at radius 1 is 0.960 bits per heavy atom. The third kappa shape index (κ3) is 4.58. The maximum absolute atomic E-state index is 12.3. The number of hydrogen-bond acceptors (Lipinski definition) is 5. The van der Waals surface area contributed by atoms with E-state index in [1.165, 1.54) is 7.11 Å². The van der Waals surface area contributed by atoms with Crippen LogP contribution in [0.5, 0.6) is 5.75 Å². The van der Waals surface area contributed by atoms with Gasteiger partial charge in [-0.25, -0.2) is 4.79 Å². The molecule has 0 aromatic heterocycles. The average molecular weight is 343 g/mol. The number of esters is 1. The molecule has 0 aliphatic rings. The smallest absolute Gasteiger partial charge is 0.337 e. The molecule has 2 aromatic carbocycles. The van der Waals surface area contributed by atoms with Crippen molar-refractivity contribution in [1.29, 1.82) is 0 Å². The van der Waals surface area contributed by atoms with Crippen molar-refractivity contribution in [2.75, 3.05) is 27.9 Å². The molecule has 0 aliphatic carbocycles. The van der Waals surface area contributed by atoms with Gasteiger partial charge in [-0.1, -0.05) is 18.2 Å². The minimum absolute atomic E-state index is 0.256. The first-order valence-electron chi connectivity index (χ1n) is 7.73. The maximum atomic E-state index is 12.3. The molecule has 1 atom stereocenters. The number of methoxy groups -OCH3 is 3. The first-order valence-corrected chi connectivity index (χ1v) is 7.73. The Balaban J connectivity index is 2.03. The van der Waals surface area contributed by atoms with E-state index in [1.807, 2.05) is 24.3 Å². The lowest BCUT2D eigenvalue weighted by Crippen LogP contribution is -2.29. The van der Waals surface area contributed by atoms with E-state index in [0.717, 1.165) is 5.56 Å². The molecule has 0 saturated carbocycles. The lowest BCUT2D eigenvalue weighted by atomic mass is 10.1. The summed E-state index contributed by atoms with van der Waals surface area (Å²) in [7, 11) is 4.48. The number of nitrogens with one attached hydrogen (secondary N) is 1. The topological polar surface area (TPSA) is 73.9 Å². The van der Waals surface area contributed by atoms with Gasteiger partial charge in [0, 0.05) is 24.8 Å². The normalized spacial score (nSPS) is 11.5. The summed E-state index contributed by atoms with van der Waals surface area (Å²) in [4.78, 5) is 23.7. The third-order valence-electron chi connectivity index (χ3n) is 3.79. The lowest BCUT2D eigenvalue weighted by Gasteiger charge is -2.19. The highest BCUT2D eigenvalue weighted by Gasteiger charge is 2.17.